The third-order valence-electron chi connectivity index (χ3n) is 3.14. The summed E-state index contributed by atoms with van der Waals surface area (Å²) in [6.45, 7) is 0. The van der Waals surface area contributed by atoms with Gasteiger partial charge in [-0.05, 0) is 24.3 Å². The van der Waals surface area contributed by atoms with Crippen LogP contribution in [0.25, 0.3) is 10.9 Å². The van der Waals surface area contributed by atoms with E-state index in [0.717, 1.165) is 5.39 Å². The molecule has 0 aliphatic carbocycles. The summed E-state index contributed by atoms with van der Waals surface area (Å²) >= 11 is 4.28. The molecule has 3 aromatic rings. The number of aromatic hydroxyl groups is 1. The molecule has 4 nitrogen and oxygen atoms in total. The SMILES string of the molecule is O=C(Nc1ccccc1S)c1ccc2cccnc2c1O. The first-order valence-electron chi connectivity index (χ1n) is 6.33. The molecule has 0 saturated carbocycles. The number of hydrogen-bond donors (Lipinski definition) is 3. The monoisotopic (exact) mass is 296 g/mol. The van der Waals surface area contributed by atoms with Gasteiger partial charge in [-0.1, -0.05) is 24.3 Å². The molecular formula is C16H12N2O2S. The molecule has 0 aliphatic rings. The molecular weight excluding hydrogens is 284 g/mol. The molecule has 1 aromatic heterocycles. The van der Waals surface area contributed by atoms with Crippen LogP contribution in [0.1, 0.15) is 10.4 Å². The molecule has 1 amide bonds. The van der Waals surface area contributed by atoms with E-state index in [1.165, 1.54) is 0 Å². The number of aromatic nitrogens is 1. The number of nitrogens with zero attached hydrogens (tertiary/aromatic N) is 1. The third-order valence-corrected chi connectivity index (χ3v) is 3.53. The summed E-state index contributed by atoms with van der Waals surface area (Å²) < 4.78 is 0. The summed E-state index contributed by atoms with van der Waals surface area (Å²) in [5.41, 5.74) is 1.17. The Hall–Kier alpha value is -2.53. The second-order valence-corrected chi connectivity index (χ2v) is 4.99. The van der Waals surface area contributed by atoms with E-state index < -0.39 is 5.91 Å². The Morgan fingerprint density at radius 3 is 2.71 bits per heavy atom. The zero-order valence-corrected chi connectivity index (χ0v) is 11.8. The van der Waals surface area contributed by atoms with Crippen LogP contribution < -0.4 is 5.32 Å². The second kappa shape index (κ2) is 5.46. The van der Waals surface area contributed by atoms with Crippen molar-refractivity contribution >= 4 is 35.1 Å². The first-order chi connectivity index (χ1) is 10.2. The summed E-state index contributed by atoms with van der Waals surface area (Å²) in [6.07, 6.45) is 1.58. The molecule has 0 radical (unpaired) electrons. The standard InChI is InChI=1S/C16H12N2O2S/c19-15-11(8-7-10-4-3-9-17-14(10)15)16(20)18-12-5-1-2-6-13(12)21/h1-9,19,21H,(H,18,20). The van der Waals surface area contributed by atoms with Crippen molar-refractivity contribution in [3.63, 3.8) is 0 Å². The van der Waals surface area contributed by atoms with E-state index in [9.17, 15) is 9.90 Å². The summed E-state index contributed by atoms with van der Waals surface area (Å²) in [5.74, 6) is -0.524. The van der Waals surface area contributed by atoms with Gasteiger partial charge in [-0.2, -0.15) is 0 Å². The van der Waals surface area contributed by atoms with Crippen LogP contribution in [0.3, 0.4) is 0 Å². The van der Waals surface area contributed by atoms with E-state index in [1.807, 2.05) is 12.1 Å². The van der Waals surface area contributed by atoms with Crippen LogP contribution in [0.4, 0.5) is 5.69 Å². The molecule has 0 spiro atoms. The molecule has 104 valence electrons. The molecule has 0 unspecified atom stereocenters. The molecule has 0 bridgehead atoms. The number of pyridine rings is 1. The van der Waals surface area contributed by atoms with Crippen molar-refractivity contribution in [1.29, 1.82) is 0 Å². The van der Waals surface area contributed by atoms with Gasteiger partial charge in [-0.15, -0.1) is 12.6 Å². The average Bonchev–Trinajstić information content (AvgIpc) is 2.50. The zero-order chi connectivity index (χ0) is 14.8. The zero-order valence-electron chi connectivity index (χ0n) is 10.9. The number of para-hydroxylation sites is 1. The van der Waals surface area contributed by atoms with E-state index in [-0.39, 0.29) is 11.3 Å². The van der Waals surface area contributed by atoms with Crippen LogP contribution >= 0.6 is 12.6 Å². The highest BCUT2D eigenvalue weighted by Crippen LogP contribution is 2.28. The van der Waals surface area contributed by atoms with Crippen LogP contribution in [0, 0.1) is 0 Å². The summed E-state index contributed by atoms with van der Waals surface area (Å²) in [7, 11) is 0. The van der Waals surface area contributed by atoms with Crippen molar-refractivity contribution in [2.24, 2.45) is 0 Å². The molecule has 1 heterocycles. The lowest BCUT2D eigenvalue weighted by molar-refractivity contribution is 0.102. The number of carbonyl (C=O) groups is 1. The van der Waals surface area contributed by atoms with Crippen LogP contribution in [-0.4, -0.2) is 16.0 Å². The van der Waals surface area contributed by atoms with Gasteiger partial charge in [-0.25, -0.2) is 0 Å². The largest absolute Gasteiger partial charge is 0.505 e. The lowest BCUT2D eigenvalue weighted by atomic mass is 10.1. The van der Waals surface area contributed by atoms with Crippen LogP contribution in [0.15, 0.2) is 59.6 Å². The molecule has 0 atom stereocenters. The van der Waals surface area contributed by atoms with Gasteiger partial charge in [0.2, 0.25) is 0 Å². The highest BCUT2D eigenvalue weighted by atomic mass is 32.1. The van der Waals surface area contributed by atoms with Crippen LogP contribution in [0.2, 0.25) is 0 Å². The number of thiol groups is 1. The van der Waals surface area contributed by atoms with Crippen molar-refractivity contribution in [2.75, 3.05) is 5.32 Å². The number of rotatable bonds is 2. The first-order valence-corrected chi connectivity index (χ1v) is 6.77. The second-order valence-electron chi connectivity index (χ2n) is 4.51. The van der Waals surface area contributed by atoms with Gasteiger partial charge in [0.15, 0.2) is 5.75 Å². The highest BCUT2D eigenvalue weighted by molar-refractivity contribution is 7.80. The molecule has 3 rings (SSSR count). The quantitative estimate of drug-likeness (QED) is 0.634. The lowest BCUT2D eigenvalue weighted by Crippen LogP contribution is -2.12. The van der Waals surface area contributed by atoms with Gasteiger partial charge >= 0.3 is 0 Å². The van der Waals surface area contributed by atoms with E-state index >= 15 is 0 Å². The predicted octanol–water partition coefficient (Wildman–Crippen LogP) is 3.48. The van der Waals surface area contributed by atoms with E-state index in [1.54, 1.807) is 42.6 Å². The number of carbonyl (C=O) groups excluding carboxylic acids is 1. The molecule has 5 heteroatoms. The molecule has 2 N–H and O–H groups in total. The van der Waals surface area contributed by atoms with Gasteiger partial charge in [0, 0.05) is 16.5 Å². The van der Waals surface area contributed by atoms with E-state index in [4.69, 9.17) is 0 Å². The lowest BCUT2D eigenvalue weighted by Gasteiger charge is -2.10. The molecule has 0 saturated heterocycles. The van der Waals surface area contributed by atoms with Crippen molar-refractivity contribution in [3.8, 4) is 5.75 Å². The Bertz CT molecular complexity index is 833. The van der Waals surface area contributed by atoms with Gasteiger partial charge < -0.3 is 10.4 Å². The third kappa shape index (κ3) is 2.55. The smallest absolute Gasteiger partial charge is 0.259 e. The van der Waals surface area contributed by atoms with E-state index in [2.05, 4.69) is 22.9 Å². The average molecular weight is 296 g/mol. The number of anilines is 1. The normalized spacial score (nSPS) is 10.5. The maximum Gasteiger partial charge on any atom is 0.259 e. The number of fused-ring (bicyclic) bond motifs is 1. The molecule has 21 heavy (non-hydrogen) atoms. The van der Waals surface area contributed by atoms with Crippen molar-refractivity contribution < 1.29 is 9.90 Å². The number of amides is 1. The Labute approximate surface area is 126 Å². The van der Waals surface area contributed by atoms with Gasteiger partial charge in [0.05, 0.1) is 11.3 Å². The summed E-state index contributed by atoms with van der Waals surface area (Å²) in [4.78, 5) is 17.1. The fourth-order valence-corrected chi connectivity index (χ4v) is 2.30. The van der Waals surface area contributed by atoms with Gasteiger partial charge in [0.1, 0.15) is 5.52 Å². The number of benzene rings is 2. The first kappa shape index (κ1) is 13.5. The Morgan fingerprint density at radius 1 is 1.10 bits per heavy atom. The number of hydrogen-bond acceptors (Lipinski definition) is 4. The Morgan fingerprint density at radius 2 is 1.90 bits per heavy atom. The van der Waals surface area contributed by atoms with Gasteiger partial charge in [0.25, 0.3) is 5.91 Å². The number of nitrogens with one attached hydrogen (secondary N) is 1. The maximum absolute atomic E-state index is 12.3. The minimum absolute atomic E-state index is 0.123. The van der Waals surface area contributed by atoms with Crippen molar-refractivity contribution in [1.82, 2.24) is 4.98 Å². The van der Waals surface area contributed by atoms with Crippen molar-refractivity contribution in [2.45, 2.75) is 4.90 Å². The van der Waals surface area contributed by atoms with Gasteiger partial charge in [-0.3, -0.25) is 9.78 Å². The van der Waals surface area contributed by atoms with Crippen molar-refractivity contribution in [3.05, 3.63) is 60.3 Å². The van der Waals surface area contributed by atoms with Crippen LogP contribution in [0.5, 0.6) is 5.75 Å². The highest BCUT2D eigenvalue weighted by Gasteiger charge is 2.15. The summed E-state index contributed by atoms with van der Waals surface area (Å²) in [5, 5.41) is 13.7. The Balaban J connectivity index is 1.99. The molecule has 0 fully saturated rings. The van der Waals surface area contributed by atoms with Crippen LogP contribution in [-0.2, 0) is 0 Å². The minimum atomic E-state index is -0.401. The number of phenols is 1. The maximum atomic E-state index is 12.3. The minimum Gasteiger partial charge on any atom is -0.505 e. The molecule has 0 aliphatic heterocycles. The predicted molar refractivity (Wildman–Crippen MR) is 85.1 cm³/mol. The Kier molecular flexibility index (Phi) is 3.50. The topological polar surface area (TPSA) is 62.2 Å². The fourth-order valence-electron chi connectivity index (χ4n) is 2.08. The number of phenolic OH excluding ortho intramolecular Hbond substituents is 1. The fraction of sp³-hybridized carbons (Fsp3) is 0. The molecule has 2 aromatic carbocycles. The van der Waals surface area contributed by atoms with E-state index in [0.29, 0.717) is 16.1 Å². The summed E-state index contributed by atoms with van der Waals surface area (Å²) in [6, 6.07) is 14.1.